The monoisotopic (exact) mass is 286 g/mol. The summed E-state index contributed by atoms with van der Waals surface area (Å²) in [5.41, 5.74) is 0.901. The average Bonchev–Trinajstić information content (AvgIpc) is 2.54. The zero-order valence-electron chi connectivity index (χ0n) is 11.8. The Kier molecular flexibility index (Phi) is 4.36. The number of nitrogens with one attached hydrogen (secondary N) is 2. The van der Waals surface area contributed by atoms with Crippen molar-refractivity contribution < 1.29 is 9.47 Å². The van der Waals surface area contributed by atoms with E-state index in [2.05, 4.69) is 31.7 Å². The summed E-state index contributed by atoms with van der Waals surface area (Å²) in [6.07, 6.45) is 0. The molecule has 0 unspecified atom stereocenters. The molecule has 0 radical (unpaired) electrons. The molecule has 1 aromatic heterocycles. The fourth-order valence-corrected chi connectivity index (χ4v) is 1.65. The largest absolute Gasteiger partial charge is 0.495 e. The summed E-state index contributed by atoms with van der Waals surface area (Å²) < 4.78 is 10.3. The zero-order valence-corrected chi connectivity index (χ0v) is 11.8. The standard InChI is InChI=1S/C13H14N6O2/c1-15-11-17-12(19-13(18-11)21-3)16-10-8(7-14)5-4-6-9(10)20-2/h4-6H,1-3H3,(H2,15,16,17,18,19). The Morgan fingerprint density at radius 3 is 2.48 bits per heavy atom. The molecule has 8 nitrogen and oxygen atoms in total. The topological polar surface area (TPSA) is 105 Å². The highest BCUT2D eigenvalue weighted by Crippen LogP contribution is 2.30. The van der Waals surface area contributed by atoms with Gasteiger partial charge in [-0.25, -0.2) is 0 Å². The molecule has 0 aliphatic rings. The number of hydrogen-bond donors (Lipinski definition) is 2. The van der Waals surface area contributed by atoms with Crippen molar-refractivity contribution in [3.63, 3.8) is 0 Å². The number of aromatic nitrogens is 3. The summed E-state index contributed by atoms with van der Waals surface area (Å²) in [7, 11) is 4.67. The van der Waals surface area contributed by atoms with Gasteiger partial charge in [0.2, 0.25) is 11.9 Å². The Hall–Kier alpha value is -3.08. The van der Waals surface area contributed by atoms with Gasteiger partial charge in [-0.15, -0.1) is 0 Å². The first-order chi connectivity index (χ1) is 10.2. The number of nitrogens with zero attached hydrogens (tertiary/aromatic N) is 4. The van der Waals surface area contributed by atoms with Crippen LogP contribution in [-0.2, 0) is 0 Å². The van der Waals surface area contributed by atoms with Crippen molar-refractivity contribution in [3.05, 3.63) is 23.8 Å². The van der Waals surface area contributed by atoms with E-state index >= 15 is 0 Å². The zero-order chi connectivity index (χ0) is 15.2. The molecular weight excluding hydrogens is 272 g/mol. The van der Waals surface area contributed by atoms with Crippen LogP contribution in [0.4, 0.5) is 17.6 Å². The Morgan fingerprint density at radius 1 is 1.10 bits per heavy atom. The van der Waals surface area contributed by atoms with E-state index in [0.717, 1.165) is 0 Å². The lowest BCUT2D eigenvalue weighted by Gasteiger charge is -2.12. The Balaban J connectivity index is 2.45. The SMILES string of the molecule is CNc1nc(Nc2c(C#N)cccc2OC)nc(OC)n1. The van der Waals surface area contributed by atoms with Crippen LogP contribution in [0.25, 0.3) is 0 Å². The third-order valence-corrected chi connectivity index (χ3v) is 2.62. The van der Waals surface area contributed by atoms with Gasteiger partial charge in [0.1, 0.15) is 17.5 Å². The molecule has 0 aliphatic carbocycles. The predicted octanol–water partition coefficient (Wildman–Crippen LogP) is 1.55. The van der Waals surface area contributed by atoms with Gasteiger partial charge in [0, 0.05) is 7.05 Å². The summed E-state index contributed by atoms with van der Waals surface area (Å²) >= 11 is 0. The molecular formula is C13H14N6O2. The van der Waals surface area contributed by atoms with E-state index in [4.69, 9.17) is 9.47 Å². The number of ether oxygens (including phenoxy) is 2. The van der Waals surface area contributed by atoms with Gasteiger partial charge in [0.05, 0.1) is 19.8 Å². The van der Waals surface area contributed by atoms with Crippen LogP contribution in [0.3, 0.4) is 0 Å². The summed E-state index contributed by atoms with van der Waals surface area (Å²) in [6, 6.07) is 7.38. The maximum Gasteiger partial charge on any atom is 0.322 e. The van der Waals surface area contributed by atoms with Gasteiger partial charge >= 0.3 is 6.01 Å². The summed E-state index contributed by atoms with van der Waals surface area (Å²) in [4.78, 5) is 12.2. The van der Waals surface area contributed by atoms with Crippen molar-refractivity contribution in [2.75, 3.05) is 31.9 Å². The number of benzene rings is 1. The summed E-state index contributed by atoms with van der Waals surface area (Å²) in [5.74, 6) is 1.10. The quantitative estimate of drug-likeness (QED) is 0.852. The van der Waals surface area contributed by atoms with Crippen LogP contribution >= 0.6 is 0 Å². The second kappa shape index (κ2) is 6.38. The summed E-state index contributed by atoms with van der Waals surface area (Å²) in [5, 5.41) is 15.0. The van der Waals surface area contributed by atoms with Crippen molar-refractivity contribution in [1.82, 2.24) is 15.0 Å². The average molecular weight is 286 g/mol. The van der Waals surface area contributed by atoms with Crippen LogP contribution in [0.1, 0.15) is 5.56 Å². The molecule has 1 aromatic carbocycles. The molecule has 0 aliphatic heterocycles. The maximum atomic E-state index is 9.18. The number of rotatable bonds is 5. The van der Waals surface area contributed by atoms with E-state index in [1.165, 1.54) is 14.2 Å². The molecule has 0 saturated carbocycles. The number of hydrogen-bond acceptors (Lipinski definition) is 8. The van der Waals surface area contributed by atoms with Crippen LogP contribution in [-0.4, -0.2) is 36.2 Å². The second-order valence-corrected chi connectivity index (χ2v) is 3.84. The van der Waals surface area contributed by atoms with E-state index in [-0.39, 0.29) is 12.0 Å². The van der Waals surface area contributed by atoms with E-state index in [0.29, 0.717) is 22.9 Å². The van der Waals surface area contributed by atoms with Crippen LogP contribution in [0, 0.1) is 11.3 Å². The summed E-state index contributed by atoms with van der Waals surface area (Å²) in [6.45, 7) is 0. The highest BCUT2D eigenvalue weighted by atomic mass is 16.5. The molecule has 2 rings (SSSR count). The lowest BCUT2D eigenvalue weighted by Crippen LogP contribution is -2.07. The first kappa shape index (κ1) is 14.3. The van der Waals surface area contributed by atoms with Crippen molar-refractivity contribution in [2.45, 2.75) is 0 Å². The maximum absolute atomic E-state index is 9.18. The lowest BCUT2D eigenvalue weighted by molar-refractivity contribution is 0.379. The molecule has 1 heterocycles. The third-order valence-electron chi connectivity index (χ3n) is 2.62. The molecule has 2 N–H and O–H groups in total. The molecule has 8 heteroatoms. The van der Waals surface area contributed by atoms with Crippen molar-refractivity contribution in [3.8, 4) is 17.8 Å². The molecule has 2 aromatic rings. The van der Waals surface area contributed by atoms with Gasteiger partial charge in [-0.1, -0.05) is 6.07 Å². The van der Waals surface area contributed by atoms with Crippen molar-refractivity contribution in [2.24, 2.45) is 0 Å². The molecule has 0 fully saturated rings. The smallest absolute Gasteiger partial charge is 0.322 e. The van der Waals surface area contributed by atoms with E-state index in [9.17, 15) is 5.26 Å². The Labute approximate surface area is 121 Å². The van der Waals surface area contributed by atoms with Gasteiger partial charge in [0.25, 0.3) is 0 Å². The van der Waals surface area contributed by atoms with Crippen LogP contribution in [0.5, 0.6) is 11.8 Å². The minimum absolute atomic E-state index is 0.158. The van der Waals surface area contributed by atoms with Gasteiger partial charge in [-0.2, -0.15) is 20.2 Å². The molecule has 108 valence electrons. The molecule has 0 saturated heterocycles. The molecule has 0 atom stereocenters. The van der Waals surface area contributed by atoms with Gasteiger partial charge in [-0.05, 0) is 12.1 Å². The number of methoxy groups -OCH3 is 2. The van der Waals surface area contributed by atoms with Gasteiger partial charge < -0.3 is 20.1 Å². The van der Waals surface area contributed by atoms with E-state index in [1.54, 1.807) is 25.2 Å². The van der Waals surface area contributed by atoms with Crippen LogP contribution in [0.2, 0.25) is 0 Å². The Morgan fingerprint density at radius 2 is 1.86 bits per heavy atom. The first-order valence-corrected chi connectivity index (χ1v) is 6.03. The fourth-order valence-electron chi connectivity index (χ4n) is 1.65. The predicted molar refractivity (Wildman–Crippen MR) is 76.9 cm³/mol. The molecule has 0 amide bonds. The number of nitriles is 1. The molecule has 0 bridgehead atoms. The highest BCUT2D eigenvalue weighted by Gasteiger charge is 2.12. The number of anilines is 3. The van der Waals surface area contributed by atoms with Gasteiger partial charge in [-0.3, -0.25) is 0 Å². The first-order valence-electron chi connectivity index (χ1n) is 6.03. The molecule has 0 spiro atoms. The van der Waals surface area contributed by atoms with Crippen LogP contribution < -0.4 is 20.1 Å². The Bertz CT molecular complexity index is 661. The van der Waals surface area contributed by atoms with Gasteiger partial charge in [0.15, 0.2) is 0 Å². The highest BCUT2D eigenvalue weighted by molar-refractivity contribution is 5.70. The van der Waals surface area contributed by atoms with Crippen LogP contribution in [0.15, 0.2) is 18.2 Å². The second-order valence-electron chi connectivity index (χ2n) is 3.84. The fraction of sp³-hybridized carbons (Fsp3) is 0.231. The van der Waals surface area contributed by atoms with E-state index in [1.807, 2.05) is 0 Å². The minimum atomic E-state index is 0.158. The minimum Gasteiger partial charge on any atom is -0.495 e. The molecule has 21 heavy (non-hydrogen) atoms. The number of para-hydroxylation sites is 1. The lowest BCUT2D eigenvalue weighted by atomic mass is 10.2. The normalized spacial score (nSPS) is 9.62. The van der Waals surface area contributed by atoms with E-state index < -0.39 is 0 Å². The third kappa shape index (κ3) is 3.09. The van der Waals surface area contributed by atoms with Crippen molar-refractivity contribution in [1.29, 1.82) is 5.26 Å². The van der Waals surface area contributed by atoms with Crippen molar-refractivity contribution >= 4 is 17.6 Å².